The summed E-state index contributed by atoms with van der Waals surface area (Å²) in [5, 5.41) is 8.91. The molecule has 1 saturated heterocycles. The number of hydrogen-bond donors (Lipinski definition) is 1. The molecule has 7 heteroatoms. The van der Waals surface area contributed by atoms with Crippen LogP contribution in [0.1, 0.15) is 76.2 Å². The van der Waals surface area contributed by atoms with Gasteiger partial charge in [-0.25, -0.2) is 4.79 Å². The zero-order chi connectivity index (χ0) is 22.3. The Morgan fingerprint density at radius 3 is 2.52 bits per heavy atom. The van der Waals surface area contributed by atoms with Gasteiger partial charge in [0.2, 0.25) is 6.29 Å². The van der Waals surface area contributed by atoms with Crippen molar-refractivity contribution in [2.45, 2.75) is 89.2 Å². The molecule has 1 aromatic rings. The molecule has 0 aromatic carbocycles. The molecule has 1 amide bonds. The number of ether oxygens (including phenoxy) is 1. The molecule has 172 valence electrons. The van der Waals surface area contributed by atoms with Crippen molar-refractivity contribution < 1.29 is 24.2 Å². The van der Waals surface area contributed by atoms with Gasteiger partial charge in [0.25, 0.3) is 5.91 Å². The number of carbonyl (C=O) groups is 3. The lowest BCUT2D eigenvalue weighted by Gasteiger charge is -2.32. The van der Waals surface area contributed by atoms with Gasteiger partial charge in [0.1, 0.15) is 6.04 Å². The number of aryl methyl sites for hydroxylation is 1. The van der Waals surface area contributed by atoms with Gasteiger partial charge in [0.05, 0.1) is 12.7 Å². The van der Waals surface area contributed by atoms with Crippen LogP contribution in [0.5, 0.6) is 0 Å². The minimum Gasteiger partial charge on any atom is -0.464 e. The first-order chi connectivity index (χ1) is 15.1. The van der Waals surface area contributed by atoms with Crippen LogP contribution in [-0.2, 0) is 25.5 Å². The third kappa shape index (κ3) is 9.59. The van der Waals surface area contributed by atoms with Gasteiger partial charge in [-0.05, 0) is 69.4 Å². The van der Waals surface area contributed by atoms with E-state index in [4.69, 9.17) is 9.84 Å². The van der Waals surface area contributed by atoms with Gasteiger partial charge in [-0.2, -0.15) is 0 Å². The van der Waals surface area contributed by atoms with Crippen LogP contribution in [0, 0.1) is 0 Å². The van der Waals surface area contributed by atoms with E-state index in [0.29, 0.717) is 19.6 Å². The minimum absolute atomic E-state index is 0.0359. The predicted molar refractivity (Wildman–Crippen MR) is 117 cm³/mol. The largest absolute Gasteiger partial charge is 0.464 e. The molecule has 0 radical (unpaired) electrons. The van der Waals surface area contributed by atoms with Crippen LogP contribution in [0.3, 0.4) is 0 Å². The summed E-state index contributed by atoms with van der Waals surface area (Å²) >= 11 is 0. The van der Waals surface area contributed by atoms with Crippen molar-refractivity contribution in [2.75, 3.05) is 13.2 Å². The predicted octanol–water partition coefficient (Wildman–Crippen LogP) is 3.23. The fraction of sp³-hybridized carbons (Fsp3) is 0.667. The second kappa shape index (κ2) is 14.7. The normalized spacial score (nSPS) is 19.1. The average Bonchev–Trinajstić information content (AvgIpc) is 2.82. The van der Waals surface area contributed by atoms with E-state index in [-0.39, 0.29) is 12.4 Å². The van der Waals surface area contributed by atoms with E-state index in [1.165, 1.54) is 29.7 Å². The van der Waals surface area contributed by atoms with E-state index in [9.17, 15) is 14.4 Å². The Balaban J connectivity index is 0.000000412. The molecule has 1 atom stereocenters. The second-order valence-electron chi connectivity index (χ2n) is 8.29. The Labute approximate surface area is 185 Å². The Kier molecular flexibility index (Phi) is 11.8. The Bertz CT molecular complexity index is 661. The van der Waals surface area contributed by atoms with Crippen molar-refractivity contribution in [1.82, 2.24) is 9.88 Å². The number of rotatable bonds is 8. The summed E-state index contributed by atoms with van der Waals surface area (Å²) < 4.78 is 5.30. The molecule has 1 unspecified atom stereocenters. The van der Waals surface area contributed by atoms with Crippen LogP contribution >= 0.6 is 0 Å². The van der Waals surface area contributed by atoms with Crippen molar-refractivity contribution in [3.8, 4) is 0 Å². The third-order valence-electron chi connectivity index (χ3n) is 5.81. The fourth-order valence-corrected chi connectivity index (χ4v) is 4.01. The monoisotopic (exact) mass is 432 g/mol. The number of pyridine rings is 1. The number of aliphatic hydroxyl groups excluding tert-OH is 1. The number of unbranched alkanes of at least 4 members (excludes halogenated alkanes) is 2. The first-order valence-corrected chi connectivity index (χ1v) is 11.6. The number of carbonyl (C=O) groups excluding carboxylic acids is 3. The maximum absolute atomic E-state index is 12.1. The lowest BCUT2D eigenvalue weighted by Crippen LogP contribution is -2.49. The topological polar surface area (TPSA) is 96.8 Å². The number of esters is 1. The van der Waals surface area contributed by atoms with E-state index < -0.39 is 17.9 Å². The summed E-state index contributed by atoms with van der Waals surface area (Å²) in [5.41, 5.74) is 1.21. The van der Waals surface area contributed by atoms with E-state index in [1.54, 1.807) is 6.20 Å². The molecular formula is C24H36N2O5. The molecular weight excluding hydrogens is 396 g/mol. The molecule has 2 aliphatic rings. The molecule has 1 aliphatic heterocycles. The van der Waals surface area contributed by atoms with Gasteiger partial charge < -0.3 is 14.7 Å². The molecule has 1 aliphatic carbocycles. The SMILES string of the molecule is O=CC(=O)N1CCCCC1C(=O)OCCCCCc1cccnc1.OC1CCCCC1. The standard InChI is InChI=1S/C18H24N2O4.C6H12O/c21-14-17(22)20-11-4-3-9-16(20)18(23)24-12-5-1-2-7-15-8-6-10-19-13-15;7-6-4-2-1-3-5-6/h6,8,10,13-14,16H,1-5,7,9,11-12H2;6-7H,1-5H2. The van der Waals surface area contributed by atoms with Crippen molar-refractivity contribution in [3.63, 3.8) is 0 Å². The highest BCUT2D eigenvalue weighted by atomic mass is 16.5. The fourth-order valence-electron chi connectivity index (χ4n) is 4.01. The zero-order valence-electron chi connectivity index (χ0n) is 18.4. The Morgan fingerprint density at radius 1 is 1.10 bits per heavy atom. The van der Waals surface area contributed by atoms with Crippen LogP contribution in [0.4, 0.5) is 0 Å². The number of aldehydes is 1. The van der Waals surface area contributed by atoms with E-state index in [0.717, 1.165) is 51.4 Å². The molecule has 2 heterocycles. The summed E-state index contributed by atoms with van der Waals surface area (Å²) in [6.45, 7) is 0.800. The number of amides is 1. The summed E-state index contributed by atoms with van der Waals surface area (Å²) in [6, 6.07) is 3.37. The Morgan fingerprint density at radius 2 is 1.87 bits per heavy atom. The van der Waals surface area contributed by atoms with Gasteiger partial charge in [0.15, 0.2) is 0 Å². The van der Waals surface area contributed by atoms with Crippen LogP contribution in [0.15, 0.2) is 24.5 Å². The first kappa shape index (κ1) is 25.0. The summed E-state index contributed by atoms with van der Waals surface area (Å²) in [4.78, 5) is 39.8. The number of likely N-dealkylation sites (tertiary alicyclic amines) is 1. The number of aliphatic hydroxyl groups is 1. The summed E-state index contributed by atoms with van der Waals surface area (Å²) in [7, 11) is 0. The molecule has 31 heavy (non-hydrogen) atoms. The number of aromatic nitrogens is 1. The lowest BCUT2D eigenvalue weighted by atomic mass is 9.98. The van der Waals surface area contributed by atoms with Crippen LogP contribution in [0.2, 0.25) is 0 Å². The van der Waals surface area contributed by atoms with Crippen molar-refractivity contribution in [3.05, 3.63) is 30.1 Å². The van der Waals surface area contributed by atoms with E-state index in [2.05, 4.69) is 11.1 Å². The number of hydrogen-bond acceptors (Lipinski definition) is 6. The van der Waals surface area contributed by atoms with Crippen molar-refractivity contribution >= 4 is 18.2 Å². The highest BCUT2D eigenvalue weighted by Gasteiger charge is 2.32. The zero-order valence-corrected chi connectivity index (χ0v) is 18.4. The average molecular weight is 433 g/mol. The molecule has 1 saturated carbocycles. The first-order valence-electron chi connectivity index (χ1n) is 11.6. The molecule has 1 aromatic heterocycles. The maximum Gasteiger partial charge on any atom is 0.328 e. The van der Waals surface area contributed by atoms with Crippen LogP contribution in [0.25, 0.3) is 0 Å². The molecule has 2 fully saturated rings. The number of nitrogens with zero attached hydrogens (tertiary/aromatic N) is 2. The maximum atomic E-state index is 12.1. The summed E-state index contributed by atoms with van der Waals surface area (Å²) in [5.74, 6) is -1.02. The van der Waals surface area contributed by atoms with Gasteiger partial charge in [-0.15, -0.1) is 0 Å². The van der Waals surface area contributed by atoms with Crippen molar-refractivity contribution in [2.24, 2.45) is 0 Å². The number of piperidine rings is 1. The van der Waals surface area contributed by atoms with Crippen LogP contribution in [-0.4, -0.2) is 58.5 Å². The van der Waals surface area contributed by atoms with Gasteiger partial charge >= 0.3 is 5.97 Å². The highest BCUT2D eigenvalue weighted by molar-refractivity contribution is 6.24. The van der Waals surface area contributed by atoms with Gasteiger partial charge in [0, 0.05) is 18.9 Å². The van der Waals surface area contributed by atoms with Crippen LogP contribution < -0.4 is 0 Å². The minimum atomic E-state index is -0.631. The van der Waals surface area contributed by atoms with E-state index >= 15 is 0 Å². The van der Waals surface area contributed by atoms with Gasteiger partial charge in [-0.1, -0.05) is 25.3 Å². The van der Waals surface area contributed by atoms with E-state index in [1.807, 2.05) is 12.3 Å². The Hall–Kier alpha value is -2.28. The third-order valence-corrected chi connectivity index (χ3v) is 5.81. The quantitative estimate of drug-likeness (QED) is 0.293. The molecule has 0 spiro atoms. The smallest absolute Gasteiger partial charge is 0.328 e. The summed E-state index contributed by atoms with van der Waals surface area (Å²) in [6.07, 6.45) is 15.8. The molecule has 7 nitrogen and oxygen atoms in total. The van der Waals surface area contributed by atoms with Crippen molar-refractivity contribution in [1.29, 1.82) is 0 Å². The van der Waals surface area contributed by atoms with Gasteiger partial charge in [-0.3, -0.25) is 14.6 Å². The lowest BCUT2D eigenvalue weighted by molar-refractivity contribution is -0.157. The molecule has 3 rings (SSSR count). The highest BCUT2D eigenvalue weighted by Crippen LogP contribution is 2.18. The second-order valence-corrected chi connectivity index (χ2v) is 8.29. The molecule has 0 bridgehead atoms. The molecule has 1 N–H and O–H groups in total.